The van der Waals surface area contributed by atoms with Crippen LogP contribution in [0.1, 0.15) is 31.2 Å². The maximum Gasteiger partial charge on any atom is 0.123 e. The van der Waals surface area contributed by atoms with Gasteiger partial charge in [-0.3, -0.25) is 0 Å². The Bertz CT molecular complexity index is 394. The molecule has 1 aromatic carbocycles. The molecule has 0 aliphatic carbocycles. The quantitative estimate of drug-likeness (QED) is 0.833. The van der Waals surface area contributed by atoms with Crippen LogP contribution in [0, 0.1) is 6.92 Å². The van der Waals surface area contributed by atoms with E-state index in [2.05, 4.69) is 53.0 Å². The Balaban J connectivity index is 1.82. The van der Waals surface area contributed by atoms with E-state index in [4.69, 9.17) is 4.74 Å². The molecule has 0 spiro atoms. The molecule has 1 unspecified atom stereocenters. The minimum absolute atomic E-state index is 0.700. The monoisotopic (exact) mass is 311 g/mol. The minimum atomic E-state index is 0.700. The van der Waals surface area contributed by atoms with Crippen LogP contribution in [0.2, 0.25) is 0 Å². The number of piperidine rings is 1. The maximum atomic E-state index is 5.91. The van der Waals surface area contributed by atoms with Crippen molar-refractivity contribution >= 4 is 15.9 Å². The Morgan fingerprint density at radius 3 is 3.00 bits per heavy atom. The van der Waals surface area contributed by atoms with E-state index < -0.39 is 0 Å². The molecule has 1 heterocycles. The zero-order chi connectivity index (χ0) is 13.0. The number of ether oxygens (including phenoxy) is 1. The second-order valence-electron chi connectivity index (χ2n) is 5.18. The minimum Gasteiger partial charge on any atom is -0.493 e. The summed E-state index contributed by atoms with van der Waals surface area (Å²) < 4.78 is 6.99. The van der Waals surface area contributed by atoms with Crippen LogP contribution in [0.3, 0.4) is 0 Å². The second-order valence-corrected chi connectivity index (χ2v) is 6.09. The van der Waals surface area contributed by atoms with E-state index in [1.165, 1.54) is 31.4 Å². The number of benzene rings is 1. The molecule has 1 fully saturated rings. The lowest BCUT2D eigenvalue weighted by atomic mass is 10.0. The first-order valence-electron chi connectivity index (χ1n) is 6.76. The van der Waals surface area contributed by atoms with Gasteiger partial charge >= 0.3 is 0 Å². The molecule has 2 nitrogen and oxygen atoms in total. The van der Waals surface area contributed by atoms with Gasteiger partial charge in [0.2, 0.25) is 0 Å². The first kappa shape index (κ1) is 13.9. The molecule has 0 amide bonds. The summed E-state index contributed by atoms with van der Waals surface area (Å²) in [5.41, 5.74) is 1.20. The number of halogens is 1. The van der Waals surface area contributed by atoms with Crippen molar-refractivity contribution in [1.29, 1.82) is 0 Å². The van der Waals surface area contributed by atoms with Crippen molar-refractivity contribution in [3.8, 4) is 5.75 Å². The van der Waals surface area contributed by atoms with Gasteiger partial charge in [0, 0.05) is 10.5 Å². The summed E-state index contributed by atoms with van der Waals surface area (Å²) in [5.74, 6) is 1.00. The number of hydrogen-bond donors (Lipinski definition) is 0. The third-order valence-electron chi connectivity index (χ3n) is 3.78. The molecule has 100 valence electrons. The summed E-state index contributed by atoms with van der Waals surface area (Å²) in [6, 6.07) is 6.90. The number of rotatable bonds is 4. The molecule has 2 rings (SSSR count). The van der Waals surface area contributed by atoms with Crippen molar-refractivity contribution in [3.63, 3.8) is 0 Å². The number of aryl methyl sites for hydroxylation is 1. The molecular formula is C15H22BrNO. The van der Waals surface area contributed by atoms with Gasteiger partial charge in [-0.15, -0.1) is 0 Å². The van der Waals surface area contributed by atoms with Crippen LogP contribution in [0.15, 0.2) is 22.7 Å². The van der Waals surface area contributed by atoms with Gasteiger partial charge in [-0.05, 0) is 57.5 Å². The topological polar surface area (TPSA) is 12.5 Å². The Hall–Kier alpha value is -0.540. The van der Waals surface area contributed by atoms with Crippen LogP contribution in [0.4, 0.5) is 0 Å². The van der Waals surface area contributed by atoms with Crippen LogP contribution in [-0.2, 0) is 0 Å². The maximum absolute atomic E-state index is 5.91. The summed E-state index contributed by atoms with van der Waals surface area (Å²) in [6.07, 6.45) is 5.16. The summed E-state index contributed by atoms with van der Waals surface area (Å²) in [5, 5.41) is 0. The first-order valence-corrected chi connectivity index (χ1v) is 7.55. The highest BCUT2D eigenvalue weighted by Crippen LogP contribution is 2.24. The van der Waals surface area contributed by atoms with Crippen LogP contribution in [-0.4, -0.2) is 31.1 Å². The molecule has 1 atom stereocenters. The zero-order valence-corrected chi connectivity index (χ0v) is 12.9. The lowest BCUT2D eigenvalue weighted by molar-refractivity contribution is 0.153. The molecule has 18 heavy (non-hydrogen) atoms. The van der Waals surface area contributed by atoms with Crippen molar-refractivity contribution in [2.75, 3.05) is 20.2 Å². The Labute approximate surface area is 118 Å². The van der Waals surface area contributed by atoms with Gasteiger partial charge in [0.05, 0.1) is 6.61 Å². The fraction of sp³-hybridized carbons (Fsp3) is 0.600. The van der Waals surface area contributed by atoms with E-state index in [0.717, 1.165) is 23.2 Å². The van der Waals surface area contributed by atoms with Crippen molar-refractivity contribution < 1.29 is 4.74 Å². The van der Waals surface area contributed by atoms with E-state index in [1.54, 1.807) is 0 Å². The van der Waals surface area contributed by atoms with Crippen molar-refractivity contribution in [1.82, 2.24) is 4.90 Å². The van der Waals surface area contributed by atoms with E-state index in [-0.39, 0.29) is 0 Å². The summed E-state index contributed by atoms with van der Waals surface area (Å²) >= 11 is 3.49. The van der Waals surface area contributed by atoms with Crippen molar-refractivity contribution in [3.05, 3.63) is 28.2 Å². The van der Waals surface area contributed by atoms with Gasteiger partial charge < -0.3 is 9.64 Å². The largest absolute Gasteiger partial charge is 0.493 e. The molecule has 1 aliphatic rings. The standard InChI is InChI=1S/C15H22BrNO/c1-12-6-7-13(16)11-15(12)18-10-8-14-5-3-4-9-17(14)2/h6-7,11,14H,3-5,8-10H2,1-2H3. The lowest BCUT2D eigenvalue weighted by Gasteiger charge is -2.32. The Morgan fingerprint density at radius 1 is 1.39 bits per heavy atom. The van der Waals surface area contributed by atoms with Crippen molar-refractivity contribution in [2.45, 2.75) is 38.6 Å². The third kappa shape index (κ3) is 3.72. The Morgan fingerprint density at radius 2 is 2.22 bits per heavy atom. The average Bonchev–Trinajstić information content (AvgIpc) is 2.36. The zero-order valence-electron chi connectivity index (χ0n) is 11.3. The molecular weight excluding hydrogens is 290 g/mol. The smallest absolute Gasteiger partial charge is 0.123 e. The predicted octanol–water partition coefficient (Wildman–Crippen LogP) is 4.01. The molecule has 1 saturated heterocycles. The van der Waals surface area contributed by atoms with Crippen LogP contribution in [0.25, 0.3) is 0 Å². The summed E-state index contributed by atoms with van der Waals surface area (Å²) in [4.78, 5) is 2.47. The van der Waals surface area contributed by atoms with Gasteiger partial charge in [0.15, 0.2) is 0 Å². The van der Waals surface area contributed by atoms with E-state index in [1.807, 2.05) is 0 Å². The lowest BCUT2D eigenvalue weighted by Crippen LogP contribution is -2.37. The normalized spacial score (nSPS) is 20.9. The van der Waals surface area contributed by atoms with Gasteiger partial charge in [-0.2, -0.15) is 0 Å². The fourth-order valence-electron chi connectivity index (χ4n) is 2.54. The molecule has 3 heteroatoms. The second kappa shape index (κ2) is 6.58. The average molecular weight is 312 g/mol. The SMILES string of the molecule is Cc1ccc(Br)cc1OCCC1CCCCN1C. The molecule has 0 bridgehead atoms. The van der Waals surface area contributed by atoms with Gasteiger partial charge in [-0.25, -0.2) is 0 Å². The number of hydrogen-bond acceptors (Lipinski definition) is 2. The summed E-state index contributed by atoms with van der Waals surface area (Å²) in [7, 11) is 2.23. The molecule has 0 radical (unpaired) electrons. The number of nitrogens with zero attached hydrogens (tertiary/aromatic N) is 1. The highest BCUT2D eigenvalue weighted by molar-refractivity contribution is 9.10. The molecule has 0 saturated carbocycles. The highest BCUT2D eigenvalue weighted by atomic mass is 79.9. The van der Waals surface area contributed by atoms with Crippen LogP contribution < -0.4 is 4.74 Å². The van der Waals surface area contributed by atoms with Gasteiger partial charge in [0.25, 0.3) is 0 Å². The predicted molar refractivity (Wildman–Crippen MR) is 79.3 cm³/mol. The van der Waals surface area contributed by atoms with Crippen molar-refractivity contribution in [2.24, 2.45) is 0 Å². The van der Waals surface area contributed by atoms with E-state index in [0.29, 0.717) is 6.04 Å². The highest BCUT2D eigenvalue weighted by Gasteiger charge is 2.18. The van der Waals surface area contributed by atoms with Gasteiger partial charge in [0.1, 0.15) is 5.75 Å². The third-order valence-corrected chi connectivity index (χ3v) is 4.27. The van der Waals surface area contributed by atoms with Crippen LogP contribution in [0.5, 0.6) is 5.75 Å². The number of likely N-dealkylation sites (tertiary alicyclic amines) is 1. The molecule has 1 aromatic rings. The fourth-order valence-corrected chi connectivity index (χ4v) is 2.88. The molecule has 0 N–H and O–H groups in total. The van der Waals surface area contributed by atoms with E-state index >= 15 is 0 Å². The van der Waals surface area contributed by atoms with Crippen LogP contribution >= 0.6 is 15.9 Å². The summed E-state index contributed by atoms with van der Waals surface area (Å²) in [6.45, 7) is 4.14. The van der Waals surface area contributed by atoms with E-state index in [9.17, 15) is 0 Å². The molecule has 0 aromatic heterocycles. The van der Waals surface area contributed by atoms with Gasteiger partial charge in [-0.1, -0.05) is 28.4 Å². The Kier molecular flexibility index (Phi) is 5.07. The molecule has 1 aliphatic heterocycles. The first-order chi connectivity index (χ1) is 8.66.